The van der Waals surface area contributed by atoms with Gasteiger partial charge in [0.1, 0.15) is 0 Å². The third-order valence-corrected chi connectivity index (χ3v) is 22.6. The maximum absolute atomic E-state index is 2.43. The van der Waals surface area contributed by atoms with Gasteiger partial charge in [0, 0.05) is 60.4 Å². The van der Waals surface area contributed by atoms with Crippen LogP contribution in [0.3, 0.4) is 0 Å². The first-order valence-corrected chi connectivity index (χ1v) is 37.9. The Morgan fingerprint density at radius 3 is 1.15 bits per heavy atom. The molecule has 2 aromatic heterocycles. The minimum atomic E-state index is 1.09. The van der Waals surface area contributed by atoms with Crippen molar-refractivity contribution in [2.24, 2.45) is 0 Å². The fourth-order valence-electron chi connectivity index (χ4n) is 16.0. The van der Waals surface area contributed by atoms with Crippen LogP contribution in [0, 0.1) is 13.8 Å². The largest absolute Gasteiger partial charge is 0.310 e. The van der Waals surface area contributed by atoms with E-state index >= 15 is 0 Å². The molecule has 4 heteroatoms. The van der Waals surface area contributed by atoms with Crippen LogP contribution in [0.25, 0.3) is 148 Å². The number of nitrogens with zero attached hydrogens (tertiary/aromatic N) is 3. The first kappa shape index (κ1) is 65.1. The number of thiophene rings is 1. The number of aryl methyl sites for hydroxylation is 2. The summed E-state index contributed by atoms with van der Waals surface area (Å²) < 4.78 is 4.96. The topological polar surface area (TPSA) is 11.4 Å². The first-order valence-electron chi connectivity index (χ1n) is 37.1. The minimum absolute atomic E-state index is 1.09. The van der Waals surface area contributed by atoms with Gasteiger partial charge in [-0.3, -0.25) is 0 Å². The molecule has 0 unspecified atom stereocenters. The fraction of sp³-hybridized carbons (Fsp3) is 0.0192. The molecule has 0 radical (unpaired) electrons. The van der Waals surface area contributed by atoms with Gasteiger partial charge in [-0.1, -0.05) is 261 Å². The van der Waals surface area contributed by atoms with Gasteiger partial charge in [0.05, 0.1) is 21.4 Å². The van der Waals surface area contributed by atoms with Crippen molar-refractivity contribution < 1.29 is 0 Å². The molecule has 2 heterocycles. The van der Waals surface area contributed by atoms with Gasteiger partial charge in [-0.2, -0.15) is 0 Å². The number of rotatable bonds is 16. The number of benzene rings is 17. The van der Waals surface area contributed by atoms with Crippen molar-refractivity contribution in [3.63, 3.8) is 0 Å². The second kappa shape index (κ2) is 28.1. The second-order valence-corrected chi connectivity index (χ2v) is 29.2. The van der Waals surface area contributed by atoms with Gasteiger partial charge < -0.3 is 14.4 Å². The Morgan fingerprint density at radius 1 is 0.213 bits per heavy atom. The van der Waals surface area contributed by atoms with Crippen LogP contribution in [0.2, 0.25) is 0 Å². The Kier molecular flexibility index (Phi) is 16.9. The quantitative estimate of drug-likeness (QED) is 0.0955. The Bertz CT molecular complexity index is 6460. The average Bonchev–Trinajstić information content (AvgIpc) is 1.59. The first-order chi connectivity index (χ1) is 53.3. The van der Waals surface area contributed by atoms with E-state index in [1.165, 1.54) is 103 Å². The summed E-state index contributed by atoms with van der Waals surface area (Å²) in [5, 5.41) is 4.98. The molecule has 19 aromatic rings. The number of aromatic nitrogens is 1. The van der Waals surface area contributed by atoms with E-state index in [2.05, 4.69) is 435 Å². The monoisotopic (exact) mass is 1400 g/mol. The standard InChI is InChI=1S/C104H73N3S/c1-70-23-15-16-34-94(70)95-59-58-93(61-71(95)2)105(88-32-13-6-14-33-88)89-50-45-77(46-51-89)86-66-84(74-28-11-5-12-29-74)67-87(68-86)80-31-21-30-79(62-80)81-49-60-101-99(69-81)96-35-17-19-38-100(96)107(101)92-56-43-76(44-57-92)75-41-52-90(53-42-75)106(102-39-22-37-98-97-36-18-20-40-103(97)108-104(98)102)91-54-47-78(48-55-91)85-64-82(72-24-7-3-8-25-72)63-83(65-85)73-26-9-4-10-27-73/h3-69H,1-2H3. The highest BCUT2D eigenvalue weighted by Gasteiger charge is 2.22. The molecule has 0 aliphatic heterocycles. The highest BCUT2D eigenvalue weighted by Crippen LogP contribution is 2.48. The van der Waals surface area contributed by atoms with Crippen molar-refractivity contribution >= 4 is 87.4 Å². The lowest BCUT2D eigenvalue weighted by atomic mass is 9.92. The Morgan fingerprint density at radius 2 is 0.583 bits per heavy atom. The van der Waals surface area contributed by atoms with Crippen molar-refractivity contribution in [3.05, 3.63) is 418 Å². The third kappa shape index (κ3) is 12.4. The molecule has 0 saturated heterocycles. The molecular formula is C104H73N3S. The van der Waals surface area contributed by atoms with E-state index in [9.17, 15) is 0 Å². The van der Waals surface area contributed by atoms with E-state index in [0.29, 0.717) is 0 Å². The molecule has 0 amide bonds. The van der Waals surface area contributed by atoms with E-state index < -0.39 is 0 Å². The molecule has 0 spiro atoms. The van der Waals surface area contributed by atoms with Crippen LogP contribution in [0.1, 0.15) is 11.1 Å². The van der Waals surface area contributed by atoms with Crippen molar-refractivity contribution in [2.75, 3.05) is 9.80 Å². The lowest BCUT2D eigenvalue weighted by Crippen LogP contribution is -2.10. The van der Waals surface area contributed by atoms with Gasteiger partial charge in [-0.05, 0) is 271 Å². The number of para-hydroxylation sites is 2. The normalized spacial score (nSPS) is 11.4. The zero-order valence-electron chi connectivity index (χ0n) is 59.9. The summed E-state index contributed by atoms with van der Waals surface area (Å²) in [6, 6.07) is 149. The Balaban J connectivity index is 0.623. The van der Waals surface area contributed by atoms with Crippen molar-refractivity contribution in [1.82, 2.24) is 4.57 Å². The molecule has 3 nitrogen and oxygen atoms in total. The average molecular weight is 1400 g/mol. The number of hydrogen-bond acceptors (Lipinski definition) is 3. The van der Waals surface area contributed by atoms with Gasteiger partial charge in [0.25, 0.3) is 0 Å². The highest BCUT2D eigenvalue weighted by molar-refractivity contribution is 7.26. The smallest absolute Gasteiger partial charge is 0.0640 e. The molecule has 0 N–H and O–H groups in total. The molecular weight excluding hydrogens is 1320 g/mol. The van der Waals surface area contributed by atoms with E-state index in [1.807, 2.05) is 11.3 Å². The fourth-order valence-corrected chi connectivity index (χ4v) is 17.2. The minimum Gasteiger partial charge on any atom is -0.310 e. The molecule has 19 rings (SSSR count). The SMILES string of the molecule is Cc1ccccc1-c1ccc(N(c2ccccc2)c2ccc(-c3cc(-c4ccccc4)cc(-c4cccc(-c5ccc6c(c5)c5ccccc5n6-c5ccc(-c6ccc(N(c7ccc(-c8cc(-c9ccccc9)cc(-c9ccccc9)c8)cc7)c7cccc8c7sc7ccccc78)cc6)cc5)c4)c3)cc2)cc1C. The Hall–Kier alpha value is -13.6. The molecule has 0 bridgehead atoms. The zero-order valence-corrected chi connectivity index (χ0v) is 60.7. The molecule has 0 aliphatic carbocycles. The molecule has 17 aromatic carbocycles. The summed E-state index contributed by atoms with van der Waals surface area (Å²) >= 11 is 1.86. The van der Waals surface area contributed by atoms with E-state index in [4.69, 9.17) is 0 Å². The third-order valence-electron chi connectivity index (χ3n) is 21.4. The number of anilines is 6. The number of fused-ring (bicyclic) bond motifs is 6. The second-order valence-electron chi connectivity index (χ2n) is 28.1. The predicted octanol–water partition coefficient (Wildman–Crippen LogP) is 29.7. The van der Waals surface area contributed by atoms with Crippen molar-refractivity contribution in [3.8, 4) is 106 Å². The van der Waals surface area contributed by atoms with Gasteiger partial charge in [0.2, 0.25) is 0 Å². The van der Waals surface area contributed by atoms with Crippen molar-refractivity contribution in [2.45, 2.75) is 13.8 Å². The predicted molar refractivity (Wildman–Crippen MR) is 461 cm³/mol. The molecule has 108 heavy (non-hydrogen) atoms. The summed E-state index contributed by atoms with van der Waals surface area (Å²) in [7, 11) is 0. The van der Waals surface area contributed by atoms with Crippen LogP contribution >= 0.6 is 11.3 Å². The van der Waals surface area contributed by atoms with Gasteiger partial charge in [-0.25, -0.2) is 0 Å². The summed E-state index contributed by atoms with van der Waals surface area (Å²) in [5.74, 6) is 0. The van der Waals surface area contributed by atoms with Crippen molar-refractivity contribution in [1.29, 1.82) is 0 Å². The molecule has 0 aliphatic rings. The van der Waals surface area contributed by atoms with Crippen LogP contribution in [-0.4, -0.2) is 4.57 Å². The Labute approximate surface area is 634 Å². The lowest BCUT2D eigenvalue weighted by molar-refractivity contribution is 1.18. The van der Waals surface area contributed by atoms with Crippen LogP contribution in [-0.2, 0) is 0 Å². The van der Waals surface area contributed by atoms with Gasteiger partial charge in [-0.15, -0.1) is 11.3 Å². The summed E-state index contributed by atoms with van der Waals surface area (Å²) in [5.41, 5.74) is 33.9. The molecule has 510 valence electrons. The van der Waals surface area contributed by atoms with E-state index in [-0.39, 0.29) is 0 Å². The molecule has 0 saturated carbocycles. The maximum Gasteiger partial charge on any atom is 0.0640 e. The van der Waals surface area contributed by atoms with Crippen LogP contribution < -0.4 is 9.80 Å². The van der Waals surface area contributed by atoms with Crippen LogP contribution in [0.15, 0.2) is 406 Å². The summed E-state index contributed by atoms with van der Waals surface area (Å²) in [4.78, 5) is 4.80. The lowest BCUT2D eigenvalue weighted by Gasteiger charge is -2.26. The van der Waals surface area contributed by atoms with E-state index in [1.54, 1.807) is 0 Å². The van der Waals surface area contributed by atoms with E-state index in [0.717, 1.165) is 89.8 Å². The van der Waals surface area contributed by atoms with Crippen LogP contribution in [0.5, 0.6) is 0 Å². The number of hydrogen-bond donors (Lipinski definition) is 0. The van der Waals surface area contributed by atoms with Crippen LogP contribution in [0.4, 0.5) is 34.1 Å². The molecule has 0 atom stereocenters. The maximum atomic E-state index is 2.43. The van der Waals surface area contributed by atoms with Gasteiger partial charge in [0.15, 0.2) is 0 Å². The zero-order chi connectivity index (χ0) is 72.0. The molecule has 0 fully saturated rings. The highest BCUT2D eigenvalue weighted by atomic mass is 32.1. The summed E-state index contributed by atoms with van der Waals surface area (Å²) in [6.07, 6.45) is 0. The summed E-state index contributed by atoms with van der Waals surface area (Å²) in [6.45, 7) is 4.41. The van der Waals surface area contributed by atoms with Gasteiger partial charge >= 0.3 is 0 Å².